The van der Waals surface area contributed by atoms with Crippen molar-refractivity contribution >= 4 is 5.97 Å². The van der Waals surface area contributed by atoms with E-state index in [0.717, 1.165) is 44.9 Å². The maximum Gasteiger partial charge on any atom is 0.333 e. The first-order chi connectivity index (χ1) is 34.2. The molecule has 0 unspecified atom stereocenters. The first kappa shape index (κ1) is 56.5. The second-order valence-corrected chi connectivity index (χ2v) is 22.7. The van der Waals surface area contributed by atoms with Crippen LogP contribution in [0, 0.1) is 28.6 Å². The molecule has 8 rings (SSSR count). The Kier molecular flexibility index (Phi) is 17.8. The van der Waals surface area contributed by atoms with Crippen molar-refractivity contribution in [1.29, 1.82) is 0 Å². The van der Waals surface area contributed by atoms with Crippen molar-refractivity contribution in [1.82, 2.24) is 0 Å². The van der Waals surface area contributed by atoms with Gasteiger partial charge in [0.1, 0.15) is 48.8 Å². The summed E-state index contributed by atoms with van der Waals surface area (Å²) in [5.74, 6) is -0.206. The molecule has 72 heavy (non-hydrogen) atoms. The number of fused-ring (bicyclic) bond motifs is 5. The van der Waals surface area contributed by atoms with Gasteiger partial charge in [-0.15, -0.1) is 0 Å². The zero-order chi connectivity index (χ0) is 52.2. The van der Waals surface area contributed by atoms with Gasteiger partial charge in [0.05, 0.1) is 54.9 Å². The zero-order valence-corrected chi connectivity index (χ0v) is 44.2. The number of hydrogen-bond acceptors (Lipinski definition) is 19. The molecule has 19 heteroatoms. The molecule has 0 radical (unpaired) electrons. The van der Waals surface area contributed by atoms with Crippen LogP contribution in [0.4, 0.5) is 0 Å². The Labute approximate surface area is 425 Å². The smallest absolute Gasteiger partial charge is 0.333 e. The highest BCUT2D eigenvalue weighted by Gasteiger charge is 2.67. The van der Waals surface area contributed by atoms with Crippen LogP contribution in [0.25, 0.3) is 0 Å². The van der Waals surface area contributed by atoms with Crippen LogP contribution in [-0.2, 0) is 61.6 Å². The third-order valence-electron chi connectivity index (χ3n) is 18.9. The average Bonchev–Trinajstić information content (AvgIpc) is 3.64. The lowest BCUT2D eigenvalue weighted by Crippen LogP contribution is -2.62. The molecule has 26 atom stereocenters. The number of allylic oxidation sites excluding steroid dienone is 2. The number of carbonyl (C=O) groups excluding carboxylic acids is 1. The number of hydrogen-bond donors (Lipinski definition) is 6. The molecule has 19 nitrogen and oxygen atoms in total. The van der Waals surface area contributed by atoms with Crippen LogP contribution in [0.3, 0.4) is 0 Å². The van der Waals surface area contributed by atoms with Crippen molar-refractivity contribution in [3.8, 4) is 0 Å². The van der Waals surface area contributed by atoms with Gasteiger partial charge >= 0.3 is 5.97 Å². The number of carbonyl (C=O) groups is 1. The van der Waals surface area contributed by atoms with Crippen LogP contribution < -0.4 is 0 Å². The Morgan fingerprint density at radius 3 is 2.01 bits per heavy atom. The van der Waals surface area contributed by atoms with Gasteiger partial charge in [-0.25, -0.2) is 4.79 Å². The van der Waals surface area contributed by atoms with Crippen LogP contribution in [0.1, 0.15) is 120 Å². The van der Waals surface area contributed by atoms with E-state index in [1.54, 1.807) is 41.1 Å². The molecular formula is C53H86O19. The first-order valence-corrected chi connectivity index (χ1v) is 26.6. The van der Waals surface area contributed by atoms with Crippen LogP contribution in [-0.4, -0.2) is 193 Å². The predicted molar refractivity (Wildman–Crippen MR) is 256 cm³/mol. The normalized spacial score (nSPS) is 50.3. The predicted octanol–water partition coefficient (Wildman–Crippen LogP) is 3.34. The highest BCUT2D eigenvalue weighted by atomic mass is 16.8. The SMILES string of the molecule is C/C=C(\C)C(=O)O[C@H]1[C@H](OC)[C@@H](O)[C@H](O[C@H]2[C@@H](OC)C[C@H](O[C@H]3[C@@H](OC)C[C@H](O[C@H]4CC[C@@]5(C)C(=CC[C@@H]6[C@@H]5CC[C@]5(C)[C@@H]([C@H](C)O[C@@H]7O[C@H](CO)[C@H](O)[C@H](O)[C@H]7O)CC[C@]65O)C4)O[C@@H]3C)O[C@@H]2C)O[C@@H]1C. The fourth-order valence-corrected chi connectivity index (χ4v) is 14.4. The van der Waals surface area contributed by atoms with E-state index in [0.29, 0.717) is 30.8 Å². The molecule has 0 bridgehead atoms. The molecule has 412 valence electrons. The standard InChI is InChI=1S/C53H86O19/c1-12-25(2)48(59)71-46-29(6)67-50(43(58)47(46)63-11)72-45-28(5)65-39(23-36(45)62-10)70-44-27(4)64-38(22-35(44)61-9)68-31-15-18-51(7)30(21-31)13-14-34-33(51)16-19-52(8)32(17-20-53(34,52)60)26(3)66-49-42(57)41(56)40(55)37(24-54)69-49/h12-13,26-29,31-47,49-50,54-58,60H,14-24H2,1-11H3/b25-12+/t26-,27+,28+,29+,31-,32+,33-,34+,35-,36-,37+,38-,39-,40-,41-,42+,43+,44+,45+,46+,47+,49+,50-,51-,52+,53-/m0/s1. The number of aliphatic hydroxyl groups excluding tert-OH is 5. The fraction of sp³-hybridized carbons (Fsp3) is 0.906. The number of ether oxygens (including phenoxy) is 12. The Morgan fingerprint density at radius 1 is 0.750 bits per heavy atom. The summed E-state index contributed by atoms with van der Waals surface area (Å²) in [6.45, 7) is 14.9. The minimum absolute atomic E-state index is 0.0408. The van der Waals surface area contributed by atoms with Crippen molar-refractivity contribution in [3.63, 3.8) is 0 Å². The molecule has 0 spiro atoms. The quantitative estimate of drug-likeness (QED) is 0.0782. The molecule has 4 aliphatic carbocycles. The number of rotatable bonds is 15. The Bertz CT molecular complexity index is 1900. The maximum atomic E-state index is 12.9. The van der Waals surface area contributed by atoms with Crippen molar-refractivity contribution < 1.29 is 92.3 Å². The van der Waals surface area contributed by atoms with Gasteiger partial charge in [0.2, 0.25) is 0 Å². The summed E-state index contributed by atoms with van der Waals surface area (Å²) in [4.78, 5) is 12.6. The van der Waals surface area contributed by atoms with E-state index in [2.05, 4.69) is 19.9 Å². The molecule has 0 aromatic rings. The summed E-state index contributed by atoms with van der Waals surface area (Å²) < 4.78 is 74.1. The van der Waals surface area contributed by atoms with E-state index in [1.807, 2.05) is 20.8 Å². The summed E-state index contributed by atoms with van der Waals surface area (Å²) in [5, 5.41) is 65.4. The van der Waals surface area contributed by atoms with Gasteiger partial charge in [0.15, 0.2) is 31.3 Å². The molecule has 7 fully saturated rings. The molecule has 4 heterocycles. The lowest BCUT2D eigenvalue weighted by Gasteiger charge is -2.61. The van der Waals surface area contributed by atoms with Gasteiger partial charge in [0.25, 0.3) is 0 Å². The summed E-state index contributed by atoms with van der Waals surface area (Å²) in [6.07, 6.45) is -4.93. The molecule has 0 aromatic carbocycles. The molecule has 8 aliphatic rings. The van der Waals surface area contributed by atoms with Crippen molar-refractivity contribution in [2.75, 3.05) is 27.9 Å². The molecular weight excluding hydrogens is 941 g/mol. The monoisotopic (exact) mass is 1030 g/mol. The second-order valence-electron chi connectivity index (χ2n) is 22.7. The molecule has 6 N–H and O–H groups in total. The van der Waals surface area contributed by atoms with Crippen molar-refractivity contribution in [2.45, 2.75) is 248 Å². The van der Waals surface area contributed by atoms with Crippen molar-refractivity contribution in [3.05, 3.63) is 23.3 Å². The Hall–Kier alpha value is -1.73. The topological polar surface area (TPSA) is 249 Å². The highest BCUT2D eigenvalue weighted by Crippen LogP contribution is 2.68. The minimum atomic E-state index is -1.52. The summed E-state index contributed by atoms with van der Waals surface area (Å²) in [6, 6.07) is 0. The van der Waals surface area contributed by atoms with Gasteiger partial charge < -0.3 is 87.5 Å². The van der Waals surface area contributed by atoms with E-state index in [1.165, 1.54) is 12.7 Å². The van der Waals surface area contributed by atoms with Crippen molar-refractivity contribution in [2.24, 2.45) is 28.6 Å². The average molecular weight is 1030 g/mol. The van der Waals surface area contributed by atoms with E-state index < -0.39 is 134 Å². The van der Waals surface area contributed by atoms with Gasteiger partial charge in [-0.1, -0.05) is 31.6 Å². The second kappa shape index (κ2) is 22.7. The van der Waals surface area contributed by atoms with Crippen LogP contribution in [0.15, 0.2) is 23.3 Å². The number of esters is 1. The lowest BCUT2D eigenvalue weighted by molar-refractivity contribution is -0.352. The Morgan fingerprint density at radius 2 is 1.39 bits per heavy atom. The summed E-state index contributed by atoms with van der Waals surface area (Å²) in [5.41, 5.74) is 0.337. The molecule has 0 aromatic heterocycles. The lowest BCUT2D eigenvalue weighted by atomic mass is 9.45. The highest BCUT2D eigenvalue weighted by molar-refractivity contribution is 5.87. The van der Waals surface area contributed by atoms with Gasteiger partial charge in [-0.2, -0.15) is 0 Å². The van der Waals surface area contributed by atoms with Crippen LogP contribution in [0.2, 0.25) is 0 Å². The number of methoxy groups -OCH3 is 3. The summed E-state index contributed by atoms with van der Waals surface area (Å²) >= 11 is 0. The summed E-state index contributed by atoms with van der Waals surface area (Å²) in [7, 11) is 4.69. The van der Waals surface area contributed by atoms with E-state index in [9.17, 15) is 35.4 Å². The molecule has 4 saturated heterocycles. The third kappa shape index (κ3) is 10.4. The molecule has 4 aliphatic heterocycles. The largest absolute Gasteiger partial charge is 0.453 e. The van der Waals surface area contributed by atoms with Gasteiger partial charge in [-0.3, -0.25) is 0 Å². The first-order valence-electron chi connectivity index (χ1n) is 26.6. The molecule has 3 saturated carbocycles. The van der Waals surface area contributed by atoms with Crippen LogP contribution in [0.5, 0.6) is 0 Å². The minimum Gasteiger partial charge on any atom is -0.453 e. The van der Waals surface area contributed by atoms with E-state index in [-0.39, 0.29) is 29.5 Å². The fourth-order valence-electron chi connectivity index (χ4n) is 14.4. The van der Waals surface area contributed by atoms with E-state index in [4.69, 9.17) is 56.8 Å². The number of aliphatic hydroxyl groups is 6. The van der Waals surface area contributed by atoms with Crippen LogP contribution >= 0.6 is 0 Å². The van der Waals surface area contributed by atoms with Gasteiger partial charge in [-0.05, 0) is 116 Å². The molecule has 0 amide bonds. The zero-order valence-electron chi connectivity index (χ0n) is 44.2. The third-order valence-corrected chi connectivity index (χ3v) is 18.9. The maximum absolute atomic E-state index is 12.9. The van der Waals surface area contributed by atoms with Gasteiger partial charge in [0, 0.05) is 45.2 Å². The Balaban J connectivity index is 0.842. The van der Waals surface area contributed by atoms with E-state index >= 15 is 0 Å².